The maximum absolute atomic E-state index is 12.4. The van der Waals surface area contributed by atoms with Crippen molar-refractivity contribution in [3.63, 3.8) is 0 Å². The van der Waals surface area contributed by atoms with Crippen LogP contribution in [-0.4, -0.2) is 43.9 Å². The van der Waals surface area contributed by atoms with Crippen LogP contribution in [0.15, 0.2) is 67.3 Å². The van der Waals surface area contributed by atoms with Gasteiger partial charge in [0, 0.05) is 19.7 Å². The van der Waals surface area contributed by atoms with Crippen LogP contribution in [0.25, 0.3) is 6.08 Å². The molecule has 2 rings (SSSR count). The van der Waals surface area contributed by atoms with E-state index in [1.165, 1.54) is 11.0 Å². The Balaban J connectivity index is 1.98. The van der Waals surface area contributed by atoms with Gasteiger partial charge < -0.3 is 14.4 Å². The molecule has 0 unspecified atom stereocenters. The van der Waals surface area contributed by atoms with Crippen molar-refractivity contribution in [2.75, 3.05) is 27.3 Å². The van der Waals surface area contributed by atoms with E-state index in [1.807, 2.05) is 24.3 Å². The number of allylic oxidation sites excluding steroid dienone is 1. The fourth-order valence-corrected chi connectivity index (χ4v) is 2.11. The molecule has 5 heteroatoms. The van der Waals surface area contributed by atoms with Gasteiger partial charge in [0.25, 0.3) is 5.91 Å². The Kier molecular flexibility index (Phi) is 7.37. The first-order chi connectivity index (χ1) is 13.0. The average molecular weight is 365 g/mol. The molecular weight excluding hydrogens is 342 g/mol. The minimum Gasteiger partial charge on any atom is -0.490 e. The lowest BCUT2D eigenvalue weighted by atomic mass is 10.1. The molecule has 0 aliphatic carbocycles. The number of carbonyl (C=O) groups excluding carboxylic acids is 2. The van der Waals surface area contributed by atoms with Gasteiger partial charge in [-0.1, -0.05) is 43.0 Å². The molecule has 0 radical (unpaired) electrons. The molecule has 0 atom stereocenters. The first kappa shape index (κ1) is 20.0. The van der Waals surface area contributed by atoms with Gasteiger partial charge in [0.15, 0.2) is 12.4 Å². The van der Waals surface area contributed by atoms with Crippen molar-refractivity contribution in [2.45, 2.75) is 0 Å². The van der Waals surface area contributed by atoms with E-state index in [0.29, 0.717) is 17.9 Å². The molecule has 2 aromatic carbocycles. The first-order valence-electron chi connectivity index (χ1n) is 8.49. The third-order valence-electron chi connectivity index (χ3n) is 3.65. The van der Waals surface area contributed by atoms with Crippen LogP contribution < -0.4 is 9.47 Å². The lowest BCUT2D eigenvalue weighted by Gasteiger charge is -2.11. The zero-order valence-corrected chi connectivity index (χ0v) is 15.6. The second kappa shape index (κ2) is 9.97. The Bertz CT molecular complexity index is 822. The zero-order chi connectivity index (χ0) is 19.6. The average Bonchev–Trinajstić information content (AvgIpc) is 2.69. The summed E-state index contributed by atoms with van der Waals surface area (Å²) < 4.78 is 10.9. The van der Waals surface area contributed by atoms with Crippen LogP contribution in [-0.2, 0) is 4.79 Å². The van der Waals surface area contributed by atoms with E-state index in [1.54, 1.807) is 50.5 Å². The van der Waals surface area contributed by atoms with Crippen molar-refractivity contribution in [1.82, 2.24) is 4.90 Å². The van der Waals surface area contributed by atoms with Crippen molar-refractivity contribution in [2.24, 2.45) is 0 Å². The Morgan fingerprint density at radius 1 is 1.04 bits per heavy atom. The molecule has 1 amide bonds. The number of amides is 1. The summed E-state index contributed by atoms with van der Waals surface area (Å²) in [6, 6.07) is 14.2. The highest BCUT2D eigenvalue weighted by Crippen LogP contribution is 2.16. The highest BCUT2D eigenvalue weighted by Gasteiger charge is 2.07. The molecule has 0 bridgehead atoms. The molecule has 0 aliphatic rings. The first-order valence-corrected chi connectivity index (χ1v) is 8.49. The molecule has 0 saturated heterocycles. The Hall–Kier alpha value is -3.34. The highest BCUT2D eigenvalue weighted by molar-refractivity contribution is 6.07. The molecule has 0 aliphatic heterocycles. The number of hydrogen-bond acceptors (Lipinski definition) is 4. The summed E-state index contributed by atoms with van der Waals surface area (Å²) in [4.78, 5) is 25.4. The van der Waals surface area contributed by atoms with Crippen LogP contribution in [0.3, 0.4) is 0 Å². The topological polar surface area (TPSA) is 55.8 Å². The maximum Gasteiger partial charge on any atom is 0.259 e. The number of likely N-dealkylation sites (N-methyl/N-ethyl adjacent to an activating group) is 1. The molecule has 27 heavy (non-hydrogen) atoms. The van der Waals surface area contributed by atoms with E-state index in [-0.39, 0.29) is 18.3 Å². The summed E-state index contributed by atoms with van der Waals surface area (Å²) in [6.45, 7) is 3.99. The Morgan fingerprint density at radius 3 is 2.44 bits per heavy atom. The van der Waals surface area contributed by atoms with E-state index in [0.717, 1.165) is 11.3 Å². The summed E-state index contributed by atoms with van der Waals surface area (Å²) in [5.74, 6) is 0.933. The van der Waals surface area contributed by atoms with E-state index in [4.69, 9.17) is 9.47 Å². The van der Waals surface area contributed by atoms with Crippen molar-refractivity contribution >= 4 is 17.8 Å². The number of ketones is 1. The van der Waals surface area contributed by atoms with Gasteiger partial charge in [-0.2, -0.15) is 0 Å². The lowest BCUT2D eigenvalue weighted by molar-refractivity contribution is -0.130. The van der Waals surface area contributed by atoms with E-state index in [2.05, 4.69) is 6.58 Å². The summed E-state index contributed by atoms with van der Waals surface area (Å²) in [7, 11) is 3.32. The number of hydrogen-bond donors (Lipinski definition) is 0. The summed E-state index contributed by atoms with van der Waals surface area (Å²) >= 11 is 0. The molecule has 0 heterocycles. The van der Waals surface area contributed by atoms with Crippen molar-refractivity contribution in [3.8, 4) is 11.5 Å². The predicted molar refractivity (Wildman–Crippen MR) is 106 cm³/mol. The van der Waals surface area contributed by atoms with Crippen LogP contribution in [0, 0.1) is 0 Å². The monoisotopic (exact) mass is 365 g/mol. The molecule has 140 valence electrons. The minimum absolute atomic E-state index is 0.0687. The molecule has 0 aromatic heterocycles. The zero-order valence-electron chi connectivity index (χ0n) is 15.6. The third-order valence-corrected chi connectivity index (χ3v) is 3.65. The van der Waals surface area contributed by atoms with Gasteiger partial charge in [0.2, 0.25) is 0 Å². The summed E-state index contributed by atoms with van der Waals surface area (Å²) in [6.07, 6.45) is 4.92. The fraction of sp³-hybridized carbons (Fsp3) is 0.182. The largest absolute Gasteiger partial charge is 0.490 e. The standard InChI is InChI=1S/C22H23NO4/c1-4-14-26-19-11-8-17(9-12-19)10-13-21(24)18-6-5-7-20(15-18)27-16-22(25)23(2)3/h4-13,15H,1,14,16H2,2-3H3. The molecule has 0 saturated carbocycles. The predicted octanol–water partition coefficient (Wildman–Crippen LogP) is 3.61. The third kappa shape index (κ3) is 6.47. The maximum atomic E-state index is 12.4. The smallest absolute Gasteiger partial charge is 0.259 e. The molecule has 0 N–H and O–H groups in total. The van der Waals surface area contributed by atoms with Crippen molar-refractivity contribution in [1.29, 1.82) is 0 Å². The number of nitrogens with zero attached hydrogens (tertiary/aromatic N) is 1. The Morgan fingerprint density at radius 2 is 1.78 bits per heavy atom. The van der Waals surface area contributed by atoms with Crippen LogP contribution >= 0.6 is 0 Å². The number of benzene rings is 2. The molecule has 5 nitrogen and oxygen atoms in total. The normalized spacial score (nSPS) is 10.4. The highest BCUT2D eigenvalue weighted by atomic mass is 16.5. The molecule has 0 fully saturated rings. The van der Waals surface area contributed by atoms with E-state index in [9.17, 15) is 9.59 Å². The lowest BCUT2D eigenvalue weighted by Crippen LogP contribution is -2.27. The van der Waals surface area contributed by atoms with Crippen LogP contribution in [0.1, 0.15) is 15.9 Å². The molecular formula is C22H23NO4. The summed E-state index contributed by atoms with van der Waals surface area (Å²) in [5.41, 5.74) is 1.38. The Labute approximate surface area is 159 Å². The summed E-state index contributed by atoms with van der Waals surface area (Å²) in [5, 5.41) is 0. The van der Waals surface area contributed by atoms with Gasteiger partial charge in [-0.3, -0.25) is 9.59 Å². The second-order valence-electron chi connectivity index (χ2n) is 5.97. The minimum atomic E-state index is -0.147. The van der Waals surface area contributed by atoms with E-state index >= 15 is 0 Å². The van der Waals surface area contributed by atoms with Crippen LogP contribution in [0.5, 0.6) is 11.5 Å². The van der Waals surface area contributed by atoms with Gasteiger partial charge in [-0.05, 0) is 35.9 Å². The van der Waals surface area contributed by atoms with Crippen molar-refractivity contribution in [3.05, 3.63) is 78.4 Å². The van der Waals surface area contributed by atoms with E-state index < -0.39 is 0 Å². The quantitative estimate of drug-likeness (QED) is 0.387. The van der Waals surface area contributed by atoms with Crippen LogP contribution in [0.4, 0.5) is 0 Å². The van der Waals surface area contributed by atoms with Gasteiger partial charge >= 0.3 is 0 Å². The molecule has 0 spiro atoms. The number of rotatable bonds is 9. The molecule has 2 aromatic rings. The SMILES string of the molecule is C=CCOc1ccc(C=CC(=O)c2cccc(OCC(=O)N(C)C)c2)cc1. The number of carbonyl (C=O) groups is 2. The second-order valence-corrected chi connectivity index (χ2v) is 5.97. The van der Waals surface area contributed by atoms with Gasteiger partial charge in [0.05, 0.1) is 0 Å². The van der Waals surface area contributed by atoms with Gasteiger partial charge in [0.1, 0.15) is 18.1 Å². The van der Waals surface area contributed by atoms with Gasteiger partial charge in [-0.15, -0.1) is 0 Å². The fourth-order valence-electron chi connectivity index (χ4n) is 2.11. The van der Waals surface area contributed by atoms with Gasteiger partial charge in [-0.25, -0.2) is 0 Å². The van der Waals surface area contributed by atoms with Crippen molar-refractivity contribution < 1.29 is 19.1 Å². The van der Waals surface area contributed by atoms with Crippen LogP contribution in [0.2, 0.25) is 0 Å². The number of ether oxygens (including phenoxy) is 2.